The zero-order chi connectivity index (χ0) is 15.9. The first-order valence-electron chi connectivity index (χ1n) is 6.69. The fourth-order valence-corrected chi connectivity index (χ4v) is 2.35. The van der Waals surface area contributed by atoms with Crippen molar-refractivity contribution in [2.75, 3.05) is 26.0 Å². The van der Waals surface area contributed by atoms with Crippen molar-refractivity contribution < 1.29 is 23.1 Å². The lowest BCUT2D eigenvalue weighted by Crippen LogP contribution is -2.24. The number of esters is 1. The average molecular weight is 315 g/mol. The fourth-order valence-electron chi connectivity index (χ4n) is 1.72. The van der Waals surface area contributed by atoms with Gasteiger partial charge in [0.2, 0.25) is 0 Å². The first kappa shape index (κ1) is 17.6. The Hall–Kier alpha value is -1.44. The van der Waals surface area contributed by atoms with E-state index in [4.69, 9.17) is 4.74 Å². The van der Waals surface area contributed by atoms with E-state index < -0.39 is 15.9 Å². The van der Waals surface area contributed by atoms with E-state index in [1.807, 2.05) is 0 Å². The molecule has 0 spiro atoms. The van der Waals surface area contributed by atoms with Gasteiger partial charge in [-0.15, -0.1) is 0 Å². The van der Waals surface area contributed by atoms with Crippen LogP contribution in [0.1, 0.15) is 25.0 Å². The number of nitrogens with one attached hydrogen (secondary N) is 1. The molecule has 0 fully saturated rings. The molecule has 6 nitrogen and oxygen atoms in total. The van der Waals surface area contributed by atoms with Crippen molar-refractivity contribution in [3.05, 3.63) is 29.8 Å². The van der Waals surface area contributed by atoms with Crippen LogP contribution < -0.4 is 5.32 Å². The maximum Gasteiger partial charge on any atom is 0.307 e. The molecule has 7 heteroatoms. The Kier molecular flexibility index (Phi) is 6.80. The monoisotopic (exact) mass is 315 g/mol. The molecule has 118 valence electrons. The molecule has 0 radical (unpaired) electrons. The molecule has 1 rings (SSSR count). The number of aliphatic hydroxyl groups excluding tert-OH is 1. The lowest BCUT2D eigenvalue weighted by Gasteiger charge is -2.12. The van der Waals surface area contributed by atoms with E-state index >= 15 is 0 Å². The standard InChI is InChI=1S/C14H21NO5S/c1-3-20-14(17)8-9-15-10-13(16)11-4-6-12(7-5-11)21(2,18)19/h4-7,13,15-16H,3,8-10H2,1-2H3. The number of rotatable bonds is 8. The molecule has 1 aromatic rings. The van der Waals surface area contributed by atoms with Crippen molar-refractivity contribution in [2.45, 2.75) is 24.3 Å². The maximum atomic E-state index is 11.3. The van der Waals surface area contributed by atoms with E-state index in [-0.39, 0.29) is 23.8 Å². The first-order valence-corrected chi connectivity index (χ1v) is 8.58. The summed E-state index contributed by atoms with van der Waals surface area (Å²) in [5, 5.41) is 12.9. The number of ether oxygens (including phenoxy) is 1. The fraction of sp³-hybridized carbons (Fsp3) is 0.500. The molecule has 0 aromatic heterocycles. The van der Waals surface area contributed by atoms with Crippen LogP contribution in [0, 0.1) is 0 Å². The van der Waals surface area contributed by atoms with Gasteiger partial charge in [0.1, 0.15) is 0 Å². The summed E-state index contributed by atoms with van der Waals surface area (Å²) in [4.78, 5) is 11.3. The summed E-state index contributed by atoms with van der Waals surface area (Å²) in [6, 6.07) is 6.08. The van der Waals surface area contributed by atoms with Gasteiger partial charge in [-0.05, 0) is 24.6 Å². The third-order valence-corrected chi connectivity index (χ3v) is 3.97. The normalized spacial score (nSPS) is 12.9. The van der Waals surface area contributed by atoms with E-state index in [0.717, 1.165) is 6.26 Å². The van der Waals surface area contributed by atoms with Gasteiger partial charge in [-0.25, -0.2) is 8.42 Å². The molecule has 0 aliphatic rings. The van der Waals surface area contributed by atoms with Crippen LogP contribution in [0.4, 0.5) is 0 Å². The number of hydrogen-bond acceptors (Lipinski definition) is 6. The quantitative estimate of drug-likeness (QED) is 0.541. The lowest BCUT2D eigenvalue weighted by atomic mass is 10.1. The molecule has 1 unspecified atom stereocenters. The smallest absolute Gasteiger partial charge is 0.307 e. The van der Waals surface area contributed by atoms with E-state index in [1.54, 1.807) is 19.1 Å². The van der Waals surface area contributed by atoms with Crippen LogP contribution >= 0.6 is 0 Å². The van der Waals surface area contributed by atoms with E-state index in [9.17, 15) is 18.3 Å². The highest BCUT2D eigenvalue weighted by Crippen LogP contribution is 2.15. The number of benzene rings is 1. The van der Waals surface area contributed by atoms with Gasteiger partial charge >= 0.3 is 5.97 Å². The molecular weight excluding hydrogens is 294 g/mol. The SMILES string of the molecule is CCOC(=O)CCNCC(O)c1ccc(S(C)(=O)=O)cc1. The van der Waals surface area contributed by atoms with Crippen LogP contribution in [-0.4, -0.2) is 45.4 Å². The average Bonchev–Trinajstić information content (AvgIpc) is 2.43. The number of aliphatic hydroxyl groups is 1. The van der Waals surface area contributed by atoms with Crippen LogP contribution in [0.15, 0.2) is 29.2 Å². The van der Waals surface area contributed by atoms with Crippen molar-refractivity contribution in [2.24, 2.45) is 0 Å². The van der Waals surface area contributed by atoms with Gasteiger partial charge in [0.05, 0.1) is 24.0 Å². The second-order valence-corrected chi connectivity index (χ2v) is 6.63. The zero-order valence-corrected chi connectivity index (χ0v) is 13.0. The molecule has 0 saturated carbocycles. The van der Waals surface area contributed by atoms with Crippen molar-refractivity contribution in [3.8, 4) is 0 Å². The van der Waals surface area contributed by atoms with Gasteiger partial charge in [0.15, 0.2) is 9.84 Å². The van der Waals surface area contributed by atoms with Crippen molar-refractivity contribution >= 4 is 15.8 Å². The van der Waals surface area contributed by atoms with Crippen LogP contribution in [-0.2, 0) is 19.4 Å². The zero-order valence-electron chi connectivity index (χ0n) is 12.2. The van der Waals surface area contributed by atoms with E-state index in [0.29, 0.717) is 18.7 Å². The third kappa shape index (κ3) is 6.24. The Balaban J connectivity index is 2.42. The minimum Gasteiger partial charge on any atom is -0.466 e. The molecule has 0 bridgehead atoms. The van der Waals surface area contributed by atoms with Crippen LogP contribution in [0.5, 0.6) is 0 Å². The molecule has 21 heavy (non-hydrogen) atoms. The summed E-state index contributed by atoms with van der Waals surface area (Å²) in [6.45, 7) is 2.79. The van der Waals surface area contributed by atoms with Crippen LogP contribution in [0.3, 0.4) is 0 Å². The van der Waals surface area contributed by atoms with Crippen molar-refractivity contribution in [1.82, 2.24) is 5.32 Å². The summed E-state index contributed by atoms with van der Waals surface area (Å²) in [5.41, 5.74) is 0.617. The summed E-state index contributed by atoms with van der Waals surface area (Å²) < 4.78 is 27.4. The van der Waals surface area contributed by atoms with Gasteiger partial charge < -0.3 is 15.2 Å². The Morgan fingerprint density at radius 3 is 2.48 bits per heavy atom. The highest BCUT2D eigenvalue weighted by molar-refractivity contribution is 7.90. The largest absolute Gasteiger partial charge is 0.466 e. The number of carbonyl (C=O) groups is 1. The molecule has 0 heterocycles. The van der Waals surface area contributed by atoms with E-state index in [2.05, 4.69) is 5.32 Å². The summed E-state index contributed by atoms with van der Waals surface area (Å²) in [7, 11) is -3.23. The molecule has 0 saturated heterocycles. The minimum absolute atomic E-state index is 0.216. The highest BCUT2D eigenvalue weighted by Gasteiger charge is 2.11. The Morgan fingerprint density at radius 1 is 1.33 bits per heavy atom. The predicted octanol–water partition coefficient (Wildman–Crippen LogP) is 0.666. The molecule has 0 aliphatic heterocycles. The number of sulfone groups is 1. The van der Waals surface area contributed by atoms with Gasteiger partial charge in [0.25, 0.3) is 0 Å². The molecule has 1 aromatic carbocycles. The summed E-state index contributed by atoms with van der Waals surface area (Å²) in [6.07, 6.45) is 0.615. The van der Waals surface area contributed by atoms with Gasteiger partial charge in [-0.3, -0.25) is 4.79 Å². The predicted molar refractivity (Wildman–Crippen MR) is 78.6 cm³/mol. The maximum absolute atomic E-state index is 11.3. The van der Waals surface area contributed by atoms with Crippen LogP contribution in [0.25, 0.3) is 0 Å². The second-order valence-electron chi connectivity index (χ2n) is 4.62. The Labute approximate surface area is 125 Å². The minimum atomic E-state index is -3.23. The lowest BCUT2D eigenvalue weighted by molar-refractivity contribution is -0.143. The Morgan fingerprint density at radius 2 is 1.95 bits per heavy atom. The first-order chi connectivity index (χ1) is 9.84. The van der Waals surface area contributed by atoms with Gasteiger partial charge in [-0.2, -0.15) is 0 Å². The molecule has 0 aliphatic carbocycles. The number of hydrogen-bond donors (Lipinski definition) is 2. The second kappa shape index (κ2) is 8.11. The van der Waals surface area contributed by atoms with Crippen molar-refractivity contribution in [3.63, 3.8) is 0 Å². The molecule has 0 amide bonds. The van der Waals surface area contributed by atoms with Gasteiger partial charge in [-0.1, -0.05) is 12.1 Å². The molecular formula is C14H21NO5S. The molecule has 2 N–H and O–H groups in total. The third-order valence-electron chi connectivity index (χ3n) is 2.84. The van der Waals surface area contributed by atoms with E-state index in [1.165, 1.54) is 12.1 Å². The summed E-state index contributed by atoms with van der Waals surface area (Å²) >= 11 is 0. The highest BCUT2D eigenvalue weighted by atomic mass is 32.2. The van der Waals surface area contributed by atoms with Gasteiger partial charge in [0, 0.05) is 19.3 Å². The number of carbonyl (C=O) groups excluding carboxylic acids is 1. The van der Waals surface area contributed by atoms with Crippen LogP contribution in [0.2, 0.25) is 0 Å². The Bertz CT molecular complexity index is 553. The van der Waals surface area contributed by atoms with Crippen molar-refractivity contribution in [1.29, 1.82) is 0 Å². The topological polar surface area (TPSA) is 92.7 Å². The molecule has 1 atom stereocenters. The summed E-state index contributed by atoms with van der Waals surface area (Å²) in [5.74, 6) is -0.281.